The quantitative estimate of drug-likeness (QED) is 0.559. The molecule has 7 nitrogen and oxygen atoms in total. The van der Waals surface area contributed by atoms with E-state index in [1.807, 2.05) is 31.2 Å². The van der Waals surface area contributed by atoms with Crippen LogP contribution < -0.4 is 20.7 Å². The molecule has 0 bridgehead atoms. The molecule has 2 amide bonds. The highest BCUT2D eigenvalue weighted by molar-refractivity contribution is 5.98. The molecular weight excluding hydrogens is 346 g/mol. The van der Waals surface area contributed by atoms with Crippen LogP contribution in [-0.2, 0) is 9.53 Å². The molecule has 0 aliphatic carbocycles. The first-order chi connectivity index (χ1) is 13.1. The molecule has 3 N–H and O–H groups in total. The van der Waals surface area contributed by atoms with Crippen molar-refractivity contribution >= 4 is 23.2 Å². The molecule has 0 aliphatic rings. The molecule has 0 heterocycles. The molecule has 0 unspecified atom stereocenters. The lowest BCUT2D eigenvalue weighted by Gasteiger charge is -2.11. The number of benzene rings is 2. The number of hydrogen-bond acceptors (Lipinski definition) is 5. The third-order valence-electron chi connectivity index (χ3n) is 3.62. The zero-order chi connectivity index (χ0) is 19.5. The smallest absolute Gasteiger partial charge is 0.251 e. The molecule has 0 saturated heterocycles. The zero-order valence-electron chi connectivity index (χ0n) is 15.6. The van der Waals surface area contributed by atoms with E-state index in [-0.39, 0.29) is 18.4 Å². The summed E-state index contributed by atoms with van der Waals surface area (Å²) in [6.45, 7) is 3.69. The van der Waals surface area contributed by atoms with Gasteiger partial charge in [0, 0.05) is 36.7 Å². The SMILES string of the molecule is CCOCCOc1cccc(NCC(=O)Nc2cccc(C(=O)NC)c2)c1. The summed E-state index contributed by atoms with van der Waals surface area (Å²) in [5.41, 5.74) is 1.83. The zero-order valence-corrected chi connectivity index (χ0v) is 15.6. The minimum atomic E-state index is -0.216. The van der Waals surface area contributed by atoms with Gasteiger partial charge in [0.1, 0.15) is 12.4 Å². The van der Waals surface area contributed by atoms with Gasteiger partial charge in [-0.3, -0.25) is 9.59 Å². The van der Waals surface area contributed by atoms with Crippen molar-refractivity contribution in [1.29, 1.82) is 0 Å². The summed E-state index contributed by atoms with van der Waals surface area (Å²) in [6.07, 6.45) is 0. The summed E-state index contributed by atoms with van der Waals surface area (Å²) in [5, 5.41) is 8.37. The van der Waals surface area contributed by atoms with Gasteiger partial charge in [0.15, 0.2) is 0 Å². The second-order valence-corrected chi connectivity index (χ2v) is 5.63. The Morgan fingerprint density at radius 1 is 1.00 bits per heavy atom. The van der Waals surface area contributed by atoms with E-state index in [1.54, 1.807) is 31.3 Å². The fourth-order valence-corrected chi connectivity index (χ4v) is 2.33. The molecule has 2 aromatic rings. The second-order valence-electron chi connectivity index (χ2n) is 5.63. The van der Waals surface area contributed by atoms with Gasteiger partial charge in [0.2, 0.25) is 5.91 Å². The summed E-state index contributed by atoms with van der Waals surface area (Å²) in [5.74, 6) is 0.287. The highest BCUT2D eigenvalue weighted by Crippen LogP contribution is 2.17. The molecule has 2 rings (SSSR count). The monoisotopic (exact) mass is 371 g/mol. The van der Waals surface area contributed by atoms with Gasteiger partial charge in [0.05, 0.1) is 13.2 Å². The van der Waals surface area contributed by atoms with Crippen LogP contribution >= 0.6 is 0 Å². The molecule has 0 spiro atoms. The number of hydrogen-bond donors (Lipinski definition) is 3. The van der Waals surface area contributed by atoms with Crippen molar-refractivity contribution in [2.45, 2.75) is 6.92 Å². The van der Waals surface area contributed by atoms with Crippen molar-refractivity contribution < 1.29 is 19.1 Å². The first kappa shape index (κ1) is 20.3. The van der Waals surface area contributed by atoms with Gasteiger partial charge >= 0.3 is 0 Å². The third kappa shape index (κ3) is 6.99. The number of anilines is 2. The van der Waals surface area contributed by atoms with E-state index in [1.165, 1.54) is 0 Å². The number of nitrogens with one attached hydrogen (secondary N) is 3. The lowest BCUT2D eigenvalue weighted by Crippen LogP contribution is -2.22. The predicted octanol–water partition coefficient (Wildman–Crippen LogP) is 2.51. The number of rotatable bonds is 10. The van der Waals surface area contributed by atoms with Crippen molar-refractivity contribution in [3.8, 4) is 5.75 Å². The van der Waals surface area contributed by atoms with E-state index in [2.05, 4.69) is 16.0 Å². The average Bonchev–Trinajstić information content (AvgIpc) is 2.69. The number of carbonyl (C=O) groups is 2. The van der Waals surface area contributed by atoms with Gasteiger partial charge in [-0.15, -0.1) is 0 Å². The third-order valence-corrected chi connectivity index (χ3v) is 3.62. The minimum Gasteiger partial charge on any atom is -0.491 e. The molecule has 2 aromatic carbocycles. The van der Waals surface area contributed by atoms with E-state index in [4.69, 9.17) is 9.47 Å². The fraction of sp³-hybridized carbons (Fsp3) is 0.300. The number of ether oxygens (including phenoxy) is 2. The van der Waals surface area contributed by atoms with Gasteiger partial charge in [0.25, 0.3) is 5.91 Å². The second kappa shape index (κ2) is 10.8. The Labute approximate surface area is 159 Å². The number of amides is 2. The van der Waals surface area contributed by atoms with Crippen LogP contribution in [0.3, 0.4) is 0 Å². The molecule has 0 radical (unpaired) electrons. The van der Waals surface area contributed by atoms with E-state index < -0.39 is 0 Å². The van der Waals surface area contributed by atoms with Crippen LogP contribution in [0.5, 0.6) is 5.75 Å². The normalized spacial score (nSPS) is 10.1. The standard InChI is InChI=1S/C20H25N3O4/c1-3-26-10-11-27-18-9-5-7-16(13-18)22-14-19(24)23-17-8-4-6-15(12-17)20(25)21-2/h4-9,12-13,22H,3,10-11,14H2,1-2H3,(H,21,25)(H,23,24). The average molecular weight is 371 g/mol. The molecule has 0 aliphatic heterocycles. The van der Waals surface area contributed by atoms with Gasteiger partial charge in [-0.1, -0.05) is 12.1 Å². The Bertz CT molecular complexity index is 764. The molecule has 0 atom stereocenters. The maximum Gasteiger partial charge on any atom is 0.251 e. The highest BCUT2D eigenvalue weighted by atomic mass is 16.5. The predicted molar refractivity (Wildman–Crippen MR) is 105 cm³/mol. The molecule has 0 aromatic heterocycles. The van der Waals surface area contributed by atoms with Crippen molar-refractivity contribution in [1.82, 2.24) is 5.32 Å². The molecule has 7 heteroatoms. The first-order valence-electron chi connectivity index (χ1n) is 8.79. The first-order valence-corrected chi connectivity index (χ1v) is 8.79. The van der Waals surface area contributed by atoms with Crippen LogP contribution in [0.4, 0.5) is 11.4 Å². The number of carbonyl (C=O) groups excluding carboxylic acids is 2. The minimum absolute atomic E-state index is 0.0899. The van der Waals surface area contributed by atoms with Crippen LogP contribution in [-0.4, -0.2) is 45.2 Å². The van der Waals surface area contributed by atoms with Gasteiger partial charge in [-0.05, 0) is 37.3 Å². The highest BCUT2D eigenvalue weighted by Gasteiger charge is 2.07. The maximum atomic E-state index is 12.1. The van der Waals surface area contributed by atoms with Crippen LogP contribution in [0.15, 0.2) is 48.5 Å². The summed E-state index contributed by atoms with van der Waals surface area (Å²) in [7, 11) is 1.56. The van der Waals surface area contributed by atoms with Crippen molar-refractivity contribution in [3.05, 3.63) is 54.1 Å². The Morgan fingerprint density at radius 3 is 2.56 bits per heavy atom. The molecule has 0 saturated carbocycles. The summed E-state index contributed by atoms with van der Waals surface area (Å²) in [6, 6.07) is 14.1. The van der Waals surface area contributed by atoms with Crippen molar-refractivity contribution in [2.24, 2.45) is 0 Å². The summed E-state index contributed by atoms with van der Waals surface area (Å²) >= 11 is 0. The Kier molecular flexibility index (Phi) is 8.12. The van der Waals surface area contributed by atoms with Gasteiger partial charge in [-0.2, -0.15) is 0 Å². The van der Waals surface area contributed by atoms with Gasteiger partial charge in [-0.25, -0.2) is 0 Å². The van der Waals surface area contributed by atoms with E-state index in [0.29, 0.717) is 36.8 Å². The lowest BCUT2D eigenvalue weighted by atomic mass is 10.2. The van der Waals surface area contributed by atoms with E-state index >= 15 is 0 Å². The summed E-state index contributed by atoms with van der Waals surface area (Å²) < 4.78 is 10.8. The van der Waals surface area contributed by atoms with Crippen LogP contribution in [0.1, 0.15) is 17.3 Å². The summed E-state index contributed by atoms with van der Waals surface area (Å²) in [4.78, 5) is 23.8. The Balaban J connectivity index is 1.84. The Hall–Kier alpha value is -3.06. The van der Waals surface area contributed by atoms with Crippen LogP contribution in [0.25, 0.3) is 0 Å². The Morgan fingerprint density at radius 2 is 1.78 bits per heavy atom. The van der Waals surface area contributed by atoms with Crippen LogP contribution in [0, 0.1) is 0 Å². The molecule has 27 heavy (non-hydrogen) atoms. The maximum absolute atomic E-state index is 12.1. The largest absolute Gasteiger partial charge is 0.491 e. The topological polar surface area (TPSA) is 88.7 Å². The van der Waals surface area contributed by atoms with E-state index in [0.717, 1.165) is 5.69 Å². The lowest BCUT2D eigenvalue weighted by molar-refractivity contribution is -0.114. The van der Waals surface area contributed by atoms with E-state index in [9.17, 15) is 9.59 Å². The van der Waals surface area contributed by atoms with Crippen LogP contribution in [0.2, 0.25) is 0 Å². The molecule has 144 valence electrons. The van der Waals surface area contributed by atoms with Crippen molar-refractivity contribution in [3.63, 3.8) is 0 Å². The van der Waals surface area contributed by atoms with Crippen molar-refractivity contribution in [2.75, 3.05) is 44.0 Å². The molecule has 0 fully saturated rings. The molecular formula is C20H25N3O4. The fourth-order valence-electron chi connectivity index (χ4n) is 2.33. The van der Waals surface area contributed by atoms with Gasteiger partial charge < -0.3 is 25.4 Å².